The van der Waals surface area contributed by atoms with Gasteiger partial charge in [-0.3, -0.25) is 0 Å². The molecule has 1 heterocycles. The second-order valence-electron chi connectivity index (χ2n) is 4.14. The van der Waals surface area contributed by atoms with Gasteiger partial charge in [-0.2, -0.15) is 0 Å². The van der Waals surface area contributed by atoms with Crippen molar-refractivity contribution in [2.24, 2.45) is 5.14 Å². The molecule has 0 spiro atoms. The van der Waals surface area contributed by atoms with Crippen LogP contribution in [0.15, 0.2) is 35.4 Å². The van der Waals surface area contributed by atoms with Gasteiger partial charge in [-0.05, 0) is 12.1 Å². The van der Waals surface area contributed by atoms with E-state index in [1.54, 1.807) is 18.2 Å². The zero-order valence-corrected chi connectivity index (χ0v) is 11.6. The molecule has 10 heteroatoms. The molecular weight excluding hydrogens is 298 g/mol. The number of nitrogens with zero attached hydrogens (tertiary/aromatic N) is 3. The molecule has 0 bridgehead atoms. The van der Waals surface area contributed by atoms with E-state index in [0.717, 1.165) is 0 Å². The number of nitrogens with two attached hydrogens (primary N) is 1. The Bertz CT molecular complexity index is 755. The van der Waals surface area contributed by atoms with Crippen LogP contribution < -0.4 is 10.5 Å². The number of para-hydroxylation sites is 1. The second kappa shape index (κ2) is 5.89. The molecule has 0 atom stereocenters. The van der Waals surface area contributed by atoms with Gasteiger partial charge < -0.3 is 10.4 Å². The molecule has 0 amide bonds. The number of primary sulfonamides is 1. The average Bonchev–Trinajstić information content (AvgIpc) is 2.87. The number of aromatic nitrogens is 3. The normalized spacial score (nSPS) is 11.3. The van der Waals surface area contributed by atoms with E-state index in [2.05, 4.69) is 15.6 Å². The number of rotatable bonds is 6. The predicted octanol–water partition coefficient (Wildman–Crippen LogP) is -0.264. The molecule has 0 aliphatic rings. The third kappa shape index (κ3) is 3.77. The van der Waals surface area contributed by atoms with Crippen LogP contribution in [0, 0.1) is 0 Å². The molecule has 4 N–H and O–H groups in total. The Labute approximate surface area is 120 Å². The van der Waals surface area contributed by atoms with Gasteiger partial charge >= 0.3 is 5.97 Å². The third-order valence-corrected chi connectivity index (χ3v) is 3.58. The summed E-state index contributed by atoms with van der Waals surface area (Å²) in [5.41, 5.74) is 0.221. The molecule has 2 aromatic rings. The zero-order valence-electron chi connectivity index (χ0n) is 10.8. The topological polar surface area (TPSA) is 140 Å². The summed E-state index contributed by atoms with van der Waals surface area (Å²) in [6.07, 6.45) is 1.29. The first-order valence-corrected chi connectivity index (χ1v) is 7.41. The number of nitrogens with one attached hydrogen (secondary N) is 1. The van der Waals surface area contributed by atoms with Gasteiger partial charge in [0, 0.05) is 6.54 Å². The Morgan fingerprint density at radius 1 is 1.38 bits per heavy atom. The standard InChI is InChI=1S/C11H13N5O4S/c12-21(19,20)10-4-2-1-3-8(10)13-5-6-16-7-9(11(17)18)14-15-16/h1-4,7,13H,5-6H2,(H,17,18)(H2,12,19,20). The van der Waals surface area contributed by atoms with Gasteiger partial charge in [-0.15, -0.1) is 5.10 Å². The summed E-state index contributed by atoms with van der Waals surface area (Å²) in [7, 11) is -3.81. The van der Waals surface area contributed by atoms with E-state index in [1.807, 2.05) is 0 Å². The molecule has 0 unspecified atom stereocenters. The first-order chi connectivity index (χ1) is 9.88. The van der Waals surface area contributed by atoms with Crippen molar-refractivity contribution in [1.82, 2.24) is 15.0 Å². The Balaban J connectivity index is 2.02. The van der Waals surface area contributed by atoms with Crippen molar-refractivity contribution in [3.63, 3.8) is 0 Å². The maximum Gasteiger partial charge on any atom is 0.358 e. The lowest BCUT2D eigenvalue weighted by atomic mass is 10.3. The monoisotopic (exact) mass is 311 g/mol. The summed E-state index contributed by atoms with van der Waals surface area (Å²) in [5.74, 6) is -1.16. The molecule has 0 radical (unpaired) electrons. The number of hydrogen-bond donors (Lipinski definition) is 3. The highest BCUT2D eigenvalue weighted by Gasteiger charge is 2.13. The first kappa shape index (κ1) is 14.9. The van der Waals surface area contributed by atoms with E-state index in [1.165, 1.54) is 16.9 Å². The van der Waals surface area contributed by atoms with E-state index < -0.39 is 16.0 Å². The number of carboxylic acid groups (broad SMARTS) is 1. The number of benzene rings is 1. The minimum atomic E-state index is -3.81. The fourth-order valence-corrected chi connectivity index (χ4v) is 2.39. The Morgan fingerprint density at radius 2 is 2.10 bits per heavy atom. The largest absolute Gasteiger partial charge is 0.476 e. The van der Waals surface area contributed by atoms with Crippen molar-refractivity contribution < 1.29 is 18.3 Å². The lowest BCUT2D eigenvalue weighted by Crippen LogP contribution is -2.17. The summed E-state index contributed by atoms with van der Waals surface area (Å²) < 4.78 is 24.2. The van der Waals surface area contributed by atoms with Crippen molar-refractivity contribution in [3.8, 4) is 0 Å². The van der Waals surface area contributed by atoms with Crippen LogP contribution in [-0.2, 0) is 16.6 Å². The van der Waals surface area contributed by atoms with Gasteiger partial charge in [0.1, 0.15) is 4.90 Å². The quantitative estimate of drug-likeness (QED) is 0.667. The van der Waals surface area contributed by atoms with Crippen molar-refractivity contribution in [3.05, 3.63) is 36.2 Å². The lowest BCUT2D eigenvalue weighted by Gasteiger charge is -2.10. The van der Waals surface area contributed by atoms with E-state index in [0.29, 0.717) is 18.8 Å². The van der Waals surface area contributed by atoms with E-state index in [-0.39, 0.29) is 10.6 Å². The van der Waals surface area contributed by atoms with Crippen LogP contribution >= 0.6 is 0 Å². The molecule has 1 aromatic heterocycles. The summed E-state index contributed by atoms with van der Waals surface area (Å²) >= 11 is 0. The molecule has 9 nitrogen and oxygen atoms in total. The van der Waals surface area contributed by atoms with Crippen molar-refractivity contribution in [1.29, 1.82) is 0 Å². The SMILES string of the molecule is NS(=O)(=O)c1ccccc1NCCn1cc(C(=O)O)nn1. The minimum absolute atomic E-state index is 0.00480. The predicted molar refractivity (Wildman–Crippen MR) is 73.3 cm³/mol. The van der Waals surface area contributed by atoms with Gasteiger partial charge in [0.05, 0.1) is 18.4 Å². The number of aromatic carboxylic acids is 1. The van der Waals surface area contributed by atoms with Crippen LogP contribution in [0.25, 0.3) is 0 Å². The van der Waals surface area contributed by atoms with Crippen LogP contribution in [0.5, 0.6) is 0 Å². The first-order valence-electron chi connectivity index (χ1n) is 5.87. The average molecular weight is 311 g/mol. The second-order valence-corrected chi connectivity index (χ2v) is 5.67. The van der Waals surface area contributed by atoms with Crippen molar-refractivity contribution in [2.75, 3.05) is 11.9 Å². The fraction of sp³-hybridized carbons (Fsp3) is 0.182. The van der Waals surface area contributed by atoms with Gasteiger partial charge in [-0.25, -0.2) is 23.0 Å². The van der Waals surface area contributed by atoms with Gasteiger partial charge in [0.2, 0.25) is 10.0 Å². The highest BCUT2D eigenvalue weighted by Crippen LogP contribution is 2.18. The Morgan fingerprint density at radius 3 is 2.71 bits per heavy atom. The van der Waals surface area contributed by atoms with Crippen LogP contribution in [0.4, 0.5) is 5.69 Å². The molecule has 1 aromatic carbocycles. The molecule has 0 saturated heterocycles. The molecular formula is C11H13N5O4S. The molecule has 112 valence electrons. The third-order valence-electron chi connectivity index (χ3n) is 2.61. The summed E-state index contributed by atoms with van der Waals surface area (Å²) in [6, 6.07) is 6.23. The maximum absolute atomic E-state index is 11.4. The van der Waals surface area contributed by atoms with E-state index in [4.69, 9.17) is 10.2 Å². The maximum atomic E-state index is 11.4. The zero-order chi connectivity index (χ0) is 15.5. The van der Waals surface area contributed by atoms with Gasteiger partial charge in [-0.1, -0.05) is 17.3 Å². The molecule has 21 heavy (non-hydrogen) atoms. The van der Waals surface area contributed by atoms with Crippen molar-refractivity contribution >= 4 is 21.7 Å². The number of hydrogen-bond acceptors (Lipinski definition) is 6. The van der Waals surface area contributed by atoms with Crippen LogP contribution in [-0.4, -0.2) is 41.0 Å². The smallest absolute Gasteiger partial charge is 0.358 e. The van der Waals surface area contributed by atoms with Crippen LogP contribution in [0.1, 0.15) is 10.5 Å². The summed E-state index contributed by atoms with van der Waals surface area (Å²) in [4.78, 5) is 10.6. The number of sulfonamides is 1. The number of carboxylic acids is 1. The summed E-state index contributed by atoms with van der Waals surface area (Å²) in [5, 5.41) is 23.9. The molecule has 0 saturated carbocycles. The molecule has 0 aliphatic carbocycles. The lowest BCUT2D eigenvalue weighted by molar-refractivity contribution is 0.0690. The van der Waals surface area contributed by atoms with Crippen LogP contribution in [0.2, 0.25) is 0 Å². The van der Waals surface area contributed by atoms with E-state index >= 15 is 0 Å². The highest BCUT2D eigenvalue weighted by molar-refractivity contribution is 7.89. The summed E-state index contributed by atoms with van der Waals surface area (Å²) in [6.45, 7) is 0.647. The molecule has 2 rings (SSSR count). The van der Waals surface area contributed by atoms with Gasteiger partial charge in [0.25, 0.3) is 0 Å². The number of anilines is 1. The molecule has 0 fully saturated rings. The highest BCUT2D eigenvalue weighted by atomic mass is 32.2. The molecule has 0 aliphatic heterocycles. The number of carbonyl (C=O) groups is 1. The Kier molecular flexibility index (Phi) is 4.19. The van der Waals surface area contributed by atoms with E-state index in [9.17, 15) is 13.2 Å². The van der Waals surface area contributed by atoms with Crippen LogP contribution in [0.3, 0.4) is 0 Å². The van der Waals surface area contributed by atoms with Gasteiger partial charge in [0.15, 0.2) is 5.69 Å². The van der Waals surface area contributed by atoms with Crippen molar-refractivity contribution in [2.45, 2.75) is 11.4 Å². The fourth-order valence-electron chi connectivity index (χ4n) is 1.67. The Hall–Kier alpha value is -2.46. The minimum Gasteiger partial charge on any atom is -0.476 e.